The van der Waals surface area contributed by atoms with Crippen molar-refractivity contribution >= 4 is 38.2 Å². The van der Waals surface area contributed by atoms with Gasteiger partial charge in [-0.3, -0.25) is 9.59 Å². The Bertz CT molecular complexity index is 1370. The van der Waals surface area contributed by atoms with Crippen molar-refractivity contribution in [2.75, 3.05) is 26.7 Å². The van der Waals surface area contributed by atoms with Crippen LogP contribution in [0.2, 0.25) is 0 Å². The van der Waals surface area contributed by atoms with E-state index < -0.39 is 5.82 Å². The molecule has 1 saturated heterocycles. The van der Waals surface area contributed by atoms with E-state index in [4.69, 9.17) is 0 Å². The van der Waals surface area contributed by atoms with Gasteiger partial charge in [0.15, 0.2) is 11.6 Å². The van der Waals surface area contributed by atoms with E-state index in [9.17, 15) is 14.0 Å². The number of fused-ring (bicyclic) bond motifs is 3. The molecule has 1 amide bonds. The zero-order valence-electron chi connectivity index (χ0n) is 19.0. The number of nitrogens with zero attached hydrogens (tertiary/aromatic N) is 4. The number of hydrogen-bond acceptors (Lipinski definition) is 6. The number of ketones is 1. The van der Waals surface area contributed by atoms with Gasteiger partial charge in [0.05, 0.1) is 15.8 Å². The van der Waals surface area contributed by atoms with Gasteiger partial charge in [-0.1, -0.05) is 11.3 Å². The Kier molecular flexibility index (Phi) is 6.38. The molecule has 9 heteroatoms. The number of hydrogen-bond donors (Lipinski definition) is 1. The maximum Gasteiger partial charge on any atom is 0.251 e. The summed E-state index contributed by atoms with van der Waals surface area (Å²) in [6.45, 7) is 3.46. The van der Waals surface area contributed by atoms with E-state index in [-0.39, 0.29) is 28.6 Å². The molecule has 2 aromatic heterocycles. The summed E-state index contributed by atoms with van der Waals surface area (Å²) >= 11 is 1.42. The van der Waals surface area contributed by atoms with E-state index in [0.29, 0.717) is 16.9 Å². The third-order valence-electron chi connectivity index (χ3n) is 6.31. The summed E-state index contributed by atoms with van der Waals surface area (Å²) < 4.78 is 17.2. The van der Waals surface area contributed by atoms with Crippen molar-refractivity contribution in [2.45, 2.75) is 32.1 Å². The lowest BCUT2D eigenvalue weighted by Crippen LogP contribution is -2.20. The predicted octanol–water partition coefficient (Wildman–Crippen LogP) is 4.56. The average molecular weight is 480 g/mol. The molecule has 0 radical (unpaired) electrons. The summed E-state index contributed by atoms with van der Waals surface area (Å²) in [4.78, 5) is 32.0. The van der Waals surface area contributed by atoms with Crippen molar-refractivity contribution in [3.63, 3.8) is 0 Å². The number of carbonyl (C=O) groups excluding carboxylic acids is 2. The molecule has 5 rings (SSSR count). The fourth-order valence-electron chi connectivity index (χ4n) is 4.43. The number of benzene rings is 2. The van der Waals surface area contributed by atoms with Gasteiger partial charge in [0, 0.05) is 24.6 Å². The number of rotatable bonds is 8. The fraction of sp³-hybridized carbons (Fsp3) is 0.360. The molecule has 1 N–H and O–H groups in total. The van der Waals surface area contributed by atoms with E-state index in [1.54, 1.807) is 10.6 Å². The van der Waals surface area contributed by atoms with Crippen LogP contribution < -0.4 is 5.32 Å². The van der Waals surface area contributed by atoms with Crippen LogP contribution in [0.25, 0.3) is 26.6 Å². The van der Waals surface area contributed by atoms with Crippen LogP contribution in [0.4, 0.5) is 4.39 Å². The fourth-order valence-corrected chi connectivity index (χ4v) is 5.43. The van der Waals surface area contributed by atoms with Crippen LogP contribution in [0.3, 0.4) is 0 Å². The van der Waals surface area contributed by atoms with Crippen LogP contribution in [0.1, 0.15) is 52.8 Å². The maximum atomic E-state index is 14.6. The minimum atomic E-state index is -0.554. The number of aromatic nitrogens is 3. The van der Waals surface area contributed by atoms with Crippen LogP contribution in [0, 0.1) is 5.82 Å². The number of amides is 1. The quantitative estimate of drug-likeness (QED) is 0.296. The molecular formula is C25H26FN5O2S. The molecule has 2 aromatic carbocycles. The van der Waals surface area contributed by atoms with Gasteiger partial charge in [-0.05, 0) is 81.7 Å². The first-order chi connectivity index (χ1) is 16.5. The maximum absolute atomic E-state index is 14.6. The molecule has 1 aliphatic heterocycles. The molecule has 0 bridgehead atoms. The Balaban J connectivity index is 1.31. The molecule has 4 aromatic rings. The van der Waals surface area contributed by atoms with Crippen molar-refractivity contribution in [1.29, 1.82) is 0 Å². The average Bonchev–Trinajstić information content (AvgIpc) is 3.57. The number of unbranched alkanes of at least 4 members (excludes halogenated alkanes) is 1. The molecule has 0 spiro atoms. The standard InChI is InChI=1S/C25H26FN5O2S/c1-27-24(33)17-7-9-18(19(26)14-17)23-28-25-31(29-23)20-10-8-16(15-22(20)34-25)21(32)6-2-3-11-30-12-4-5-13-30/h7-10,14-15H,2-6,11-13H2,1H3,(H,27,33). The van der Waals surface area contributed by atoms with Gasteiger partial charge in [0.1, 0.15) is 5.82 Å². The Labute approximate surface area is 200 Å². The van der Waals surface area contributed by atoms with E-state index in [1.165, 1.54) is 56.4 Å². The first-order valence-corrected chi connectivity index (χ1v) is 12.4. The molecule has 0 atom stereocenters. The normalized spacial score (nSPS) is 14.3. The highest BCUT2D eigenvalue weighted by molar-refractivity contribution is 7.23. The molecule has 0 aliphatic carbocycles. The zero-order chi connectivity index (χ0) is 23.7. The number of nitrogens with one attached hydrogen (secondary N) is 1. The second kappa shape index (κ2) is 9.60. The van der Waals surface area contributed by atoms with Gasteiger partial charge >= 0.3 is 0 Å². The lowest BCUT2D eigenvalue weighted by molar-refractivity contribution is 0.0959. The summed E-state index contributed by atoms with van der Waals surface area (Å²) in [5, 5.41) is 6.96. The highest BCUT2D eigenvalue weighted by Gasteiger charge is 2.18. The summed E-state index contributed by atoms with van der Waals surface area (Å²) in [7, 11) is 1.50. The van der Waals surface area contributed by atoms with Crippen molar-refractivity contribution in [3.05, 3.63) is 53.3 Å². The number of likely N-dealkylation sites (tertiary alicyclic amines) is 1. The predicted molar refractivity (Wildman–Crippen MR) is 131 cm³/mol. The van der Waals surface area contributed by atoms with E-state index in [1.807, 2.05) is 18.2 Å². The van der Waals surface area contributed by atoms with Gasteiger partial charge < -0.3 is 10.2 Å². The van der Waals surface area contributed by atoms with Gasteiger partial charge in [-0.2, -0.15) is 4.98 Å². The second-order valence-electron chi connectivity index (χ2n) is 8.62. The van der Waals surface area contributed by atoms with E-state index in [0.717, 1.165) is 29.6 Å². The third-order valence-corrected chi connectivity index (χ3v) is 7.31. The highest BCUT2D eigenvalue weighted by atomic mass is 32.1. The minimum absolute atomic E-state index is 0.154. The SMILES string of the molecule is CNC(=O)c1ccc(-c2nc3sc4cc(C(=O)CCCCN5CCCC5)ccc4n3n2)c(F)c1. The molecule has 0 unspecified atom stereocenters. The summed E-state index contributed by atoms with van der Waals surface area (Å²) in [5.41, 5.74) is 2.00. The van der Waals surface area contributed by atoms with E-state index in [2.05, 4.69) is 20.3 Å². The molecular weight excluding hydrogens is 453 g/mol. The highest BCUT2D eigenvalue weighted by Crippen LogP contribution is 2.30. The molecule has 1 fully saturated rings. The molecule has 3 heterocycles. The van der Waals surface area contributed by atoms with Crippen LogP contribution in [-0.2, 0) is 0 Å². The monoisotopic (exact) mass is 479 g/mol. The second-order valence-corrected chi connectivity index (χ2v) is 9.63. The number of Topliss-reactive ketones (excluding diaryl/α,β-unsaturated/α-hetero) is 1. The molecule has 1 aliphatic rings. The largest absolute Gasteiger partial charge is 0.355 e. The van der Waals surface area contributed by atoms with Crippen LogP contribution in [-0.4, -0.2) is 57.9 Å². The smallest absolute Gasteiger partial charge is 0.251 e. The Morgan fingerprint density at radius 3 is 2.65 bits per heavy atom. The van der Waals surface area contributed by atoms with Gasteiger partial charge in [0.25, 0.3) is 5.91 Å². The Morgan fingerprint density at radius 1 is 1.09 bits per heavy atom. The Morgan fingerprint density at radius 2 is 1.88 bits per heavy atom. The first kappa shape index (κ1) is 22.6. The lowest BCUT2D eigenvalue weighted by Gasteiger charge is -2.13. The topological polar surface area (TPSA) is 79.6 Å². The van der Waals surface area contributed by atoms with E-state index >= 15 is 0 Å². The number of carbonyl (C=O) groups is 2. The first-order valence-electron chi connectivity index (χ1n) is 11.6. The minimum Gasteiger partial charge on any atom is -0.355 e. The zero-order valence-corrected chi connectivity index (χ0v) is 19.8. The van der Waals surface area contributed by atoms with Crippen LogP contribution >= 0.6 is 11.3 Å². The van der Waals surface area contributed by atoms with Gasteiger partial charge in [0.2, 0.25) is 4.96 Å². The Hall–Kier alpha value is -3.17. The molecule has 34 heavy (non-hydrogen) atoms. The van der Waals surface area contributed by atoms with Crippen molar-refractivity contribution in [2.24, 2.45) is 0 Å². The van der Waals surface area contributed by atoms with Crippen LogP contribution in [0.5, 0.6) is 0 Å². The summed E-state index contributed by atoms with van der Waals surface area (Å²) in [6.07, 6.45) is 5.08. The molecule has 176 valence electrons. The number of halogens is 1. The summed E-state index contributed by atoms with van der Waals surface area (Å²) in [5.74, 6) is -0.498. The van der Waals surface area contributed by atoms with Gasteiger partial charge in [-0.15, -0.1) is 5.10 Å². The lowest BCUT2D eigenvalue weighted by atomic mass is 10.1. The van der Waals surface area contributed by atoms with Gasteiger partial charge in [-0.25, -0.2) is 8.91 Å². The summed E-state index contributed by atoms with van der Waals surface area (Å²) in [6, 6.07) is 9.86. The number of thiazole rings is 1. The van der Waals surface area contributed by atoms with Crippen molar-refractivity contribution in [3.8, 4) is 11.4 Å². The third kappa shape index (κ3) is 4.45. The van der Waals surface area contributed by atoms with Crippen molar-refractivity contribution in [1.82, 2.24) is 24.8 Å². The van der Waals surface area contributed by atoms with Crippen molar-refractivity contribution < 1.29 is 14.0 Å². The molecule has 0 saturated carbocycles. The van der Waals surface area contributed by atoms with Crippen LogP contribution in [0.15, 0.2) is 36.4 Å². The molecule has 7 nitrogen and oxygen atoms in total.